The fourth-order valence-corrected chi connectivity index (χ4v) is 2.14. The summed E-state index contributed by atoms with van der Waals surface area (Å²) in [6, 6.07) is 0. The van der Waals surface area contributed by atoms with Gasteiger partial charge in [0.25, 0.3) is 0 Å². The molecule has 0 bridgehead atoms. The summed E-state index contributed by atoms with van der Waals surface area (Å²) in [5.41, 5.74) is 0. The average Bonchev–Trinajstić information content (AvgIpc) is 2.56. The third-order valence-corrected chi connectivity index (χ3v) is 3.49. The largest absolute Gasteiger partial charge is 0.382 e. The number of nitrogens with zero attached hydrogens (tertiary/aromatic N) is 2. The Kier molecular flexibility index (Phi) is 22.3. The first kappa shape index (κ1) is 25.9. The maximum Gasteiger partial charge on any atom is 0.193 e. The molecule has 0 saturated carbocycles. The van der Waals surface area contributed by atoms with Crippen molar-refractivity contribution in [2.75, 3.05) is 53.6 Å². The third-order valence-electron chi connectivity index (χ3n) is 3.49. The van der Waals surface area contributed by atoms with Gasteiger partial charge in [0.15, 0.2) is 5.96 Å². The summed E-state index contributed by atoms with van der Waals surface area (Å²) >= 11 is 0. The number of nitrogens with one attached hydrogen (secondary N) is 1. The van der Waals surface area contributed by atoms with Crippen LogP contribution in [0.5, 0.6) is 0 Å². The highest BCUT2D eigenvalue weighted by molar-refractivity contribution is 14.0. The van der Waals surface area contributed by atoms with Gasteiger partial charge in [-0.25, -0.2) is 0 Å². The molecule has 0 unspecified atom stereocenters. The van der Waals surface area contributed by atoms with Crippen LogP contribution in [0, 0.1) is 0 Å². The van der Waals surface area contributed by atoms with Crippen LogP contribution in [-0.4, -0.2) is 64.5 Å². The van der Waals surface area contributed by atoms with E-state index in [4.69, 9.17) is 14.5 Å². The van der Waals surface area contributed by atoms with Gasteiger partial charge in [-0.3, -0.25) is 4.99 Å². The molecule has 0 heterocycles. The van der Waals surface area contributed by atoms with Crippen LogP contribution in [0.3, 0.4) is 0 Å². The van der Waals surface area contributed by atoms with E-state index in [1.165, 1.54) is 19.3 Å². The summed E-state index contributed by atoms with van der Waals surface area (Å²) < 4.78 is 10.4. The summed E-state index contributed by atoms with van der Waals surface area (Å²) in [6.07, 6.45) is 8.87. The van der Waals surface area contributed by atoms with Gasteiger partial charge in [0.05, 0.1) is 13.2 Å². The molecule has 5 nitrogen and oxygen atoms in total. The fraction of sp³-hybridized carbons (Fsp3) is 0.833. The minimum absolute atomic E-state index is 0. The average molecular weight is 455 g/mol. The van der Waals surface area contributed by atoms with Gasteiger partial charge in [0, 0.05) is 40.4 Å². The SMILES string of the molecule is C=CCCCCCN(C)C(=NCCCCOCCOC)NCC.I. The van der Waals surface area contributed by atoms with Crippen molar-refractivity contribution >= 4 is 29.9 Å². The molecule has 0 aromatic carbocycles. The van der Waals surface area contributed by atoms with Crippen molar-refractivity contribution in [2.45, 2.75) is 45.4 Å². The number of guanidine groups is 1. The maximum absolute atomic E-state index is 5.45. The molecule has 0 aliphatic rings. The van der Waals surface area contributed by atoms with E-state index in [0.29, 0.717) is 13.2 Å². The Hall–Kier alpha value is -0.340. The van der Waals surface area contributed by atoms with Crippen molar-refractivity contribution in [1.82, 2.24) is 10.2 Å². The summed E-state index contributed by atoms with van der Waals surface area (Å²) in [5.74, 6) is 1.01. The van der Waals surface area contributed by atoms with Crippen LogP contribution < -0.4 is 5.32 Å². The van der Waals surface area contributed by atoms with Gasteiger partial charge in [0.1, 0.15) is 0 Å². The number of allylic oxidation sites excluding steroid dienone is 1. The maximum atomic E-state index is 5.45. The molecule has 0 aromatic heterocycles. The zero-order chi connectivity index (χ0) is 17.2. The zero-order valence-electron chi connectivity index (χ0n) is 15.9. The highest BCUT2D eigenvalue weighted by Crippen LogP contribution is 2.02. The molecule has 0 amide bonds. The smallest absolute Gasteiger partial charge is 0.193 e. The van der Waals surface area contributed by atoms with Crippen molar-refractivity contribution in [3.8, 4) is 0 Å². The van der Waals surface area contributed by atoms with Crippen molar-refractivity contribution < 1.29 is 9.47 Å². The van der Waals surface area contributed by atoms with Crippen LogP contribution in [0.25, 0.3) is 0 Å². The van der Waals surface area contributed by atoms with E-state index < -0.39 is 0 Å². The number of methoxy groups -OCH3 is 1. The van der Waals surface area contributed by atoms with Gasteiger partial charge in [-0.1, -0.05) is 12.5 Å². The molecule has 0 atom stereocenters. The normalized spacial score (nSPS) is 11.0. The Balaban J connectivity index is 0. The van der Waals surface area contributed by atoms with E-state index in [0.717, 1.165) is 51.5 Å². The predicted octanol–water partition coefficient (Wildman–Crippen LogP) is 3.69. The van der Waals surface area contributed by atoms with Crippen LogP contribution in [0.4, 0.5) is 0 Å². The monoisotopic (exact) mass is 455 g/mol. The Morgan fingerprint density at radius 2 is 1.92 bits per heavy atom. The third kappa shape index (κ3) is 16.5. The Bertz CT molecular complexity index is 302. The quantitative estimate of drug-likeness (QED) is 0.135. The highest BCUT2D eigenvalue weighted by Gasteiger charge is 2.04. The van der Waals surface area contributed by atoms with Gasteiger partial charge in [-0.15, -0.1) is 30.6 Å². The molecule has 0 saturated heterocycles. The van der Waals surface area contributed by atoms with Crippen molar-refractivity contribution in [2.24, 2.45) is 4.99 Å². The Labute approximate surface area is 166 Å². The van der Waals surface area contributed by atoms with Gasteiger partial charge in [-0.05, 0) is 39.0 Å². The lowest BCUT2D eigenvalue weighted by molar-refractivity contribution is 0.0690. The van der Waals surface area contributed by atoms with Crippen molar-refractivity contribution in [3.05, 3.63) is 12.7 Å². The van der Waals surface area contributed by atoms with E-state index >= 15 is 0 Å². The molecule has 0 fully saturated rings. The van der Waals surface area contributed by atoms with Crippen LogP contribution in [0.1, 0.15) is 45.4 Å². The standard InChI is InChI=1S/C18H37N3O2.HI/c1-5-7-8-9-11-14-21(3)18(19-6-2)20-13-10-12-15-23-17-16-22-4;/h5H,1,6-17H2,2-4H3,(H,19,20);1H. The first-order chi connectivity index (χ1) is 11.3. The second kappa shape index (κ2) is 20.7. The Morgan fingerprint density at radius 1 is 1.12 bits per heavy atom. The van der Waals surface area contributed by atoms with Crippen LogP contribution >= 0.6 is 24.0 Å². The van der Waals surface area contributed by atoms with Crippen LogP contribution in [-0.2, 0) is 9.47 Å². The molecule has 6 heteroatoms. The van der Waals surface area contributed by atoms with E-state index in [9.17, 15) is 0 Å². The molecule has 0 aromatic rings. The van der Waals surface area contributed by atoms with Gasteiger partial charge in [-0.2, -0.15) is 0 Å². The number of hydrogen-bond donors (Lipinski definition) is 1. The molecule has 144 valence electrons. The van der Waals surface area contributed by atoms with Crippen LogP contribution in [0.15, 0.2) is 17.6 Å². The second-order valence-electron chi connectivity index (χ2n) is 5.61. The summed E-state index contributed by atoms with van der Waals surface area (Å²) in [6.45, 7) is 10.8. The fourth-order valence-electron chi connectivity index (χ4n) is 2.14. The van der Waals surface area contributed by atoms with Gasteiger partial charge < -0.3 is 19.7 Å². The highest BCUT2D eigenvalue weighted by atomic mass is 127. The van der Waals surface area contributed by atoms with Crippen molar-refractivity contribution in [3.63, 3.8) is 0 Å². The van der Waals surface area contributed by atoms with E-state index in [-0.39, 0.29) is 24.0 Å². The number of hydrogen-bond acceptors (Lipinski definition) is 3. The molecule has 0 spiro atoms. The summed E-state index contributed by atoms with van der Waals surface area (Å²) in [4.78, 5) is 6.93. The number of aliphatic imine (C=N–C) groups is 1. The topological polar surface area (TPSA) is 46.1 Å². The minimum atomic E-state index is 0. The molecule has 0 radical (unpaired) electrons. The van der Waals surface area contributed by atoms with Crippen LogP contribution in [0.2, 0.25) is 0 Å². The predicted molar refractivity (Wildman–Crippen MR) is 115 cm³/mol. The Morgan fingerprint density at radius 3 is 2.58 bits per heavy atom. The van der Waals surface area contributed by atoms with Gasteiger partial charge >= 0.3 is 0 Å². The number of ether oxygens (including phenoxy) is 2. The first-order valence-electron chi connectivity index (χ1n) is 8.93. The number of unbranched alkanes of at least 4 members (excludes halogenated alkanes) is 4. The van der Waals surface area contributed by atoms with E-state index in [1.54, 1.807) is 7.11 Å². The lowest BCUT2D eigenvalue weighted by Crippen LogP contribution is -2.39. The number of rotatable bonds is 15. The first-order valence-corrected chi connectivity index (χ1v) is 8.93. The molecule has 1 N–H and O–H groups in total. The second-order valence-corrected chi connectivity index (χ2v) is 5.61. The van der Waals surface area contributed by atoms with Gasteiger partial charge in [0.2, 0.25) is 0 Å². The molecular weight excluding hydrogens is 417 g/mol. The lowest BCUT2D eigenvalue weighted by Gasteiger charge is -2.22. The molecule has 0 rings (SSSR count). The molecule has 0 aliphatic carbocycles. The molecule has 24 heavy (non-hydrogen) atoms. The minimum Gasteiger partial charge on any atom is -0.382 e. The van der Waals surface area contributed by atoms with E-state index in [1.807, 2.05) is 6.08 Å². The molecule has 0 aliphatic heterocycles. The zero-order valence-corrected chi connectivity index (χ0v) is 18.2. The summed E-state index contributed by atoms with van der Waals surface area (Å²) in [7, 11) is 3.80. The lowest BCUT2D eigenvalue weighted by atomic mass is 10.2. The van der Waals surface area contributed by atoms with E-state index in [2.05, 4.69) is 30.8 Å². The number of halogens is 1. The summed E-state index contributed by atoms with van der Waals surface area (Å²) in [5, 5.41) is 3.37. The molecular formula is C18H38IN3O2. The van der Waals surface area contributed by atoms with Crippen molar-refractivity contribution in [1.29, 1.82) is 0 Å².